The van der Waals surface area contributed by atoms with Crippen LogP contribution in [0.5, 0.6) is 0 Å². The molecule has 1 rings (SSSR count). The van der Waals surface area contributed by atoms with Gasteiger partial charge in [-0.15, -0.1) is 11.8 Å². The predicted molar refractivity (Wildman–Crippen MR) is 98.9 cm³/mol. The second-order valence-electron chi connectivity index (χ2n) is 7.02. The molecule has 3 atom stereocenters. The lowest BCUT2D eigenvalue weighted by molar-refractivity contribution is -0.147. The van der Waals surface area contributed by atoms with Crippen molar-refractivity contribution < 1.29 is 33.4 Å². The van der Waals surface area contributed by atoms with Crippen molar-refractivity contribution in [3.63, 3.8) is 0 Å². The highest BCUT2D eigenvalue weighted by Gasteiger charge is 2.45. The van der Waals surface area contributed by atoms with Gasteiger partial charge in [0.15, 0.2) is 11.7 Å². The summed E-state index contributed by atoms with van der Waals surface area (Å²) in [6.45, 7) is 6.41. The minimum atomic E-state index is -1.93. The summed E-state index contributed by atoms with van der Waals surface area (Å²) in [5.41, 5.74) is 3.27. The minimum absolute atomic E-state index is 0.0753. The number of rotatable bonds is 6. The smallest absolute Gasteiger partial charge is 0.408 e. The normalized spacial score (nSPS) is 23.6. The molecule has 0 saturated carbocycles. The molecule has 0 fully saturated rings. The van der Waals surface area contributed by atoms with Crippen LogP contribution < -0.4 is 11.1 Å². The number of methoxy groups -OCH3 is 1. The highest BCUT2D eigenvalue weighted by Crippen LogP contribution is 2.35. The molecule has 0 aliphatic heterocycles. The van der Waals surface area contributed by atoms with Gasteiger partial charge < -0.3 is 25.6 Å². The van der Waals surface area contributed by atoms with Gasteiger partial charge in [-0.2, -0.15) is 0 Å². The highest BCUT2D eigenvalue weighted by molar-refractivity contribution is 8.03. The number of nitrogens with one attached hydrogen (secondary N) is 1. The second kappa shape index (κ2) is 8.75. The molecular formula is C17H25FN2O6S. The number of amides is 1. The maximum atomic E-state index is 14.6. The highest BCUT2D eigenvalue weighted by atomic mass is 32.2. The Morgan fingerprint density at radius 1 is 1.44 bits per heavy atom. The van der Waals surface area contributed by atoms with Crippen molar-refractivity contribution >= 4 is 29.8 Å². The molecule has 0 radical (unpaired) electrons. The van der Waals surface area contributed by atoms with Gasteiger partial charge >= 0.3 is 18.0 Å². The quantitative estimate of drug-likeness (QED) is 0.571. The van der Waals surface area contributed by atoms with Crippen LogP contribution in [0.3, 0.4) is 0 Å². The third-order valence-electron chi connectivity index (χ3n) is 3.63. The fraction of sp³-hybridized carbons (Fsp3) is 0.588. The van der Waals surface area contributed by atoms with E-state index in [0.29, 0.717) is 4.91 Å². The number of halogens is 1. The molecule has 4 N–H and O–H groups in total. The van der Waals surface area contributed by atoms with Crippen LogP contribution in [-0.2, 0) is 19.1 Å². The Hall–Kier alpha value is -2.07. The number of hydrogen-bond donors (Lipinski definition) is 3. The molecule has 0 saturated heterocycles. The van der Waals surface area contributed by atoms with Gasteiger partial charge in [0.2, 0.25) is 0 Å². The number of hydrogen-bond acceptors (Lipinski definition) is 7. The van der Waals surface area contributed by atoms with E-state index in [1.54, 1.807) is 20.8 Å². The molecular weight excluding hydrogens is 379 g/mol. The first-order valence-corrected chi connectivity index (χ1v) is 9.07. The number of alkyl halides is 1. The van der Waals surface area contributed by atoms with Crippen molar-refractivity contribution in [3.05, 3.63) is 22.6 Å². The molecule has 0 aromatic carbocycles. The van der Waals surface area contributed by atoms with Gasteiger partial charge in [-0.25, -0.2) is 18.8 Å². The van der Waals surface area contributed by atoms with Gasteiger partial charge in [0.05, 0.1) is 7.11 Å². The average Bonchev–Trinajstić information content (AvgIpc) is 2.55. The van der Waals surface area contributed by atoms with E-state index in [9.17, 15) is 23.9 Å². The predicted octanol–water partition coefficient (Wildman–Crippen LogP) is 1.75. The summed E-state index contributed by atoms with van der Waals surface area (Å²) in [6, 6.07) is -1.25. The number of nitrogens with two attached hydrogens (primary N) is 1. The lowest BCUT2D eigenvalue weighted by Gasteiger charge is -2.31. The molecule has 152 valence electrons. The maximum absolute atomic E-state index is 14.6. The average molecular weight is 404 g/mol. The molecule has 27 heavy (non-hydrogen) atoms. The molecule has 10 heteroatoms. The van der Waals surface area contributed by atoms with Crippen molar-refractivity contribution in [2.24, 2.45) is 5.73 Å². The summed E-state index contributed by atoms with van der Waals surface area (Å²) in [5, 5.41) is 11.5. The van der Waals surface area contributed by atoms with Crippen LogP contribution in [0.15, 0.2) is 22.6 Å². The van der Waals surface area contributed by atoms with Gasteiger partial charge in [0, 0.05) is 10.7 Å². The Labute approximate surface area is 161 Å². The number of carbonyl (C=O) groups is 3. The Kier molecular flexibility index (Phi) is 7.44. The van der Waals surface area contributed by atoms with Gasteiger partial charge in [-0.3, -0.25) is 0 Å². The number of alkyl carbamates (subject to hydrolysis) is 1. The van der Waals surface area contributed by atoms with Gasteiger partial charge in [-0.1, -0.05) is 6.08 Å². The summed E-state index contributed by atoms with van der Waals surface area (Å²) in [4.78, 5) is 35.3. The van der Waals surface area contributed by atoms with E-state index in [1.807, 2.05) is 0 Å². The zero-order valence-electron chi connectivity index (χ0n) is 15.9. The Morgan fingerprint density at radius 2 is 2.04 bits per heavy atom. The van der Waals surface area contributed by atoms with Crippen molar-refractivity contribution in [1.29, 1.82) is 0 Å². The monoisotopic (exact) mass is 404 g/mol. The lowest BCUT2D eigenvalue weighted by atomic mass is 9.86. The number of carboxylic acids is 1. The Balaban J connectivity index is 2.82. The van der Waals surface area contributed by atoms with Crippen LogP contribution in [0.25, 0.3) is 0 Å². The van der Waals surface area contributed by atoms with Crippen molar-refractivity contribution in [1.82, 2.24) is 5.32 Å². The SMILES string of the molecule is COC(=O)C1(N)C=CC(SC[C@H](NC(=O)OC(C)(C)C)C(=O)O)=C(C)C1F. The molecule has 1 aliphatic rings. The van der Waals surface area contributed by atoms with E-state index >= 15 is 0 Å². The van der Waals surface area contributed by atoms with E-state index in [0.717, 1.165) is 18.9 Å². The van der Waals surface area contributed by atoms with Gasteiger partial charge in [-0.05, 0) is 39.3 Å². The van der Waals surface area contributed by atoms with Crippen molar-refractivity contribution in [2.75, 3.05) is 12.9 Å². The lowest BCUT2D eigenvalue weighted by Crippen LogP contribution is -2.56. The van der Waals surface area contributed by atoms with Crippen LogP contribution >= 0.6 is 11.8 Å². The first-order chi connectivity index (χ1) is 12.3. The molecule has 0 aromatic heterocycles. The summed E-state index contributed by atoms with van der Waals surface area (Å²) in [5.74, 6) is -2.25. The van der Waals surface area contributed by atoms with Crippen LogP contribution in [0, 0.1) is 0 Å². The number of carbonyl (C=O) groups excluding carboxylic acids is 2. The summed E-state index contributed by atoms with van der Waals surface area (Å²) < 4.78 is 24.2. The van der Waals surface area contributed by atoms with E-state index in [2.05, 4.69) is 10.1 Å². The molecule has 0 spiro atoms. The fourth-order valence-electron chi connectivity index (χ4n) is 2.22. The second-order valence-corrected chi connectivity index (χ2v) is 8.08. The Bertz CT molecular complexity index is 673. The van der Waals surface area contributed by atoms with Gasteiger partial charge in [0.1, 0.15) is 11.6 Å². The van der Waals surface area contributed by atoms with E-state index in [4.69, 9.17) is 10.5 Å². The minimum Gasteiger partial charge on any atom is -0.480 e. The third-order valence-corrected chi connectivity index (χ3v) is 4.90. The molecule has 0 heterocycles. The number of esters is 1. The first-order valence-electron chi connectivity index (χ1n) is 8.08. The molecule has 2 unspecified atom stereocenters. The third kappa shape index (κ3) is 5.96. The van der Waals surface area contributed by atoms with Crippen LogP contribution in [-0.4, -0.2) is 59.4 Å². The van der Waals surface area contributed by atoms with E-state index in [1.165, 1.54) is 19.1 Å². The zero-order valence-corrected chi connectivity index (χ0v) is 16.7. The number of ether oxygens (including phenoxy) is 2. The largest absolute Gasteiger partial charge is 0.480 e. The van der Waals surface area contributed by atoms with Crippen LogP contribution in [0.2, 0.25) is 0 Å². The Morgan fingerprint density at radius 3 is 2.52 bits per heavy atom. The topological polar surface area (TPSA) is 128 Å². The van der Waals surface area contributed by atoms with E-state index in [-0.39, 0.29) is 11.3 Å². The summed E-state index contributed by atoms with van der Waals surface area (Å²) in [6.07, 6.45) is -0.0510. The number of allylic oxidation sites excluding steroid dienone is 1. The number of thioether (sulfide) groups is 1. The maximum Gasteiger partial charge on any atom is 0.408 e. The molecule has 1 amide bonds. The van der Waals surface area contributed by atoms with Gasteiger partial charge in [0.25, 0.3) is 0 Å². The standard InChI is InChI=1S/C17H25FN2O6S/c1-9-11(6-7-17(19,12(9)18)14(23)25-5)27-8-10(13(21)22)20-15(24)26-16(2,3)4/h6-7,10,12H,8,19H2,1-5H3,(H,20,24)(H,21,22)/t10-,12?,17?/m0/s1. The molecule has 1 aliphatic carbocycles. The summed E-state index contributed by atoms with van der Waals surface area (Å²) >= 11 is 1.02. The molecule has 0 bridgehead atoms. The van der Waals surface area contributed by atoms with E-state index < -0.39 is 41.4 Å². The van der Waals surface area contributed by atoms with Crippen molar-refractivity contribution in [3.8, 4) is 0 Å². The zero-order chi connectivity index (χ0) is 21.0. The van der Waals surface area contributed by atoms with Crippen molar-refractivity contribution in [2.45, 2.75) is 51.0 Å². The summed E-state index contributed by atoms with van der Waals surface area (Å²) in [7, 11) is 1.11. The number of aliphatic carboxylic acids is 1. The fourth-order valence-corrected chi connectivity index (χ4v) is 3.29. The number of carboxylic acid groups (broad SMARTS) is 1. The van der Waals surface area contributed by atoms with Crippen LogP contribution in [0.1, 0.15) is 27.7 Å². The van der Waals surface area contributed by atoms with Crippen LogP contribution in [0.4, 0.5) is 9.18 Å². The first kappa shape index (κ1) is 23.0. The molecule has 8 nitrogen and oxygen atoms in total. The molecule has 0 aromatic rings.